The van der Waals surface area contributed by atoms with Gasteiger partial charge in [-0.25, -0.2) is 13.1 Å². The molecule has 182 valence electrons. The highest BCUT2D eigenvalue weighted by atomic mass is 32.2. The van der Waals surface area contributed by atoms with Crippen LogP contribution in [-0.4, -0.2) is 18.2 Å². The molecule has 0 spiro atoms. The average Bonchev–Trinajstić information content (AvgIpc) is 2.83. The van der Waals surface area contributed by atoms with E-state index in [1.807, 2.05) is 30.3 Å². The average molecular weight is 504 g/mol. The molecule has 0 amide bonds. The molecule has 0 atom stereocenters. The van der Waals surface area contributed by atoms with Crippen molar-refractivity contribution in [2.75, 3.05) is 0 Å². The third-order valence-electron chi connectivity index (χ3n) is 6.07. The fourth-order valence-electron chi connectivity index (χ4n) is 3.89. The number of sulfonamides is 1. The summed E-state index contributed by atoms with van der Waals surface area (Å²) in [6.45, 7) is 3.95. The zero-order valence-corrected chi connectivity index (χ0v) is 20.9. The molecule has 3 N–H and O–H groups in total. The SMILES string of the molecule is CCC(CC)(c1ccc(CNS(=O)(=O)c2ccc(OCc3ccccc3)cc2)cc1)P(=O)(O)O. The molecule has 0 unspecified atom stereocenters. The molecule has 0 aromatic heterocycles. The smallest absolute Gasteiger partial charge is 0.335 e. The van der Waals surface area contributed by atoms with Crippen LogP contribution < -0.4 is 9.46 Å². The molecular weight excluding hydrogens is 473 g/mol. The minimum atomic E-state index is -4.37. The topological polar surface area (TPSA) is 113 Å². The molecule has 0 saturated carbocycles. The summed E-state index contributed by atoms with van der Waals surface area (Å²) in [4.78, 5) is 19.9. The van der Waals surface area contributed by atoms with E-state index in [1.54, 1.807) is 50.2 Å². The van der Waals surface area contributed by atoms with Crippen molar-refractivity contribution >= 4 is 17.6 Å². The van der Waals surface area contributed by atoms with Crippen LogP contribution in [0, 0.1) is 0 Å². The third-order valence-corrected chi connectivity index (χ3v) is 9.49. The summed E-state index contributed by atoms with van der Waals surface area (Å²) >= 11 is 0. The lowest BCUT2D eigenvalue weighted by molar-refractivity contribution is 0.306. The van der Waals surface area contributed by atoms with Crippen molar-refractivity contribution in [1.29, 1.82) is 0 Å². The summed E-state index contributed by atoms with van der Waals surface area (Å²) in [6.07, 6.45) is 0.593. The number of nitrogens with one attached hydrogen (secondary N) is 1. The lowest BCUT2D eigenvalue weighted by Crippen LogP contribution is -2.25. The molecule has 9 heteroatoms. The zero-order valence-electron chi connectivity index (χ0n) is 19.2. The van der Waals surface area contributed by atoms with E-state index in [9.17, 15) is 22.8 Å². The van der Waals surface area contributed by atoms with Crippen molar-refractivity contribution in [3.8, 4) is 5.75 Å². The van der Waals surface area contributed by atoms with Crippen molar-refractivity contribution in [3.63, 3.8) is 0 Å². The van der Waals surface area contributed by atoms with E-state index >= 15 is 0 Å². The maximum absolute atomic E-state index is 12.7. The summed E-state index contributed by atoms with van der Waals surface area (Å²) in [5.74, 6) is 0.568. The van der Waals surface area contributed by atoms with E-state index in [4.69, 9.17) is 4.74 Å². The summed E-state index contributed by atoms with van der Waals surface area (Å²) in [6, 6.07) is 22.6. The number of ether oxygens (including phenoxy) is 1. The van der Waals surface area contributed by atoms with E-state index in [2.05, 4.69) is 4.72 Å². The Kier molecular flexibility index (Phi) is 8.34. The maximum Gasteiger partial charge on any atom is 0.335 e. The van der Waals surface area contributed by atoms with Gasteiger partial charge in [0.05, 0.1) is 10.1 Å². The lowest BCUT2D eigenvalue weighted by Gasteiger charge is -2.33. The minimum absolute atomic E-state index is 0.0516. The second kappa shape index (κ2) is 10.8. The molecule has 0 saturated heterocycles. The van der Waals surface area contributed by atoms with Crippen LogP contribution in [0.1, 0.15) is 43.4 Å². The first-order valence-electron chi connectivity index (χ1n) is 11.0. The maximum atomic E-state index is 12.7. The number of hydrogen-bond donors (Lipinski definition) is 3. The summed E-state index contributed by atoms with van der Waals surface area (Å²) in [7, 11) is -8.12. The Bertz CT molecular complexity index is 1220. The Morgan fingerprint density at radius 2 is 1.44 bits per heavy atom. The van der Waals surface area contributed by atoms with E-state index < -0.39 is 22.8 Å². The van der Waals surface area contributed by atoms with Crippen molar-refractivity contribution in [1.82, 2.24) is 4.72 Å². The van der Waals surface area contributed by atoms with Crippen LogP contribution in [0.25, 0.3) is 0 Å². The minimum Gasteiger partial charge on any atom is -0.489 e. The Labute approximate surface area is 201 Å². The highest BCUT2D eigenvalue weighted by Gasteiger charge is 2.45. The first-order chi connectivity index (χ1) is 16.1. The molecule has 34 heavy (non-hydrogen) atoms. The van der Waals surface area contributed by atoms with Gasteiger partial charge in [0.2, 0.25) is 10.0 Å². The fourth-order valence-corrected chi connectivity index (χ4v) is 6.22. The van der Waals surface area contributed by atoms with Crippen molar-refractivity contribution in [3.05, 3.63) is 95.6 Å². The van der Waals surface area contributed by atoms with E-state index in [0.29, 0.717) is 36.3 Å². The van der Waals surface area contributed by atoms with E-state index in [1.165, 1.54) is 12.1 Å². The summed E-state index contributed by atoms with van der Waals surface area (Å²) in [5.41, 5.74) is 2.24. The normalized spacial score (nSPS) is 12.5. The summed E-state index contributed by atoms with van der Waals surface area (Å²) < 4.78 is 45.8. The van der Waals surface area contributed by atoms with Crippen molar-refractivity contribution in [2.45, 2.75) is 49.9 Å². The highest BCUT2D eigenvalue weighted by Crippen LogP contribution is 2.60. The van der Waals surface area contributed by atoms with Gasteiger partial charge in [0.1, 0.15) is 12.4 Å². The molecular formula is C25H30NO6PS. The standard InChI is InChI=1S/C25H30NO6PS/c1-3-25(4-2,33(27,28)29)22-12-10-20(11-13-22)18-26-34(30,31)24-16-14-23(15-17-24)32-19-21-8-6-5-7-9-21/h5-17,26H,3-4,18-19H2,1-2H3,(H2,27,28,29). The molecule has 3 rings (SSSR count). The van der Waals surface area contributed by atoms with Crippen LogP contribution in [0.2, 0.25) is 0 Å². The first kappa shape index (κ1) is 26.1. The van der Waals surface area contributed by atoms with Gasteiger partial charge < -0.3 is 14.5 Å². The van der Waals surface area contributed by atoms with Gasteiger partial charge in [0.25, 0.3) is 0 Å². The predicted molar refractivity (Wildman–Crippen MR) is 132 cm³/mol. The second-order valence-electron chi connectivity index (χ2n) is 8.05. The van der Waals surface area contributed by atoms with Crippen molar-refractivity contribution < 1.29 is 27.5 Å². The van der Waals surface area contributed by atoms with Crippen molar-refractivity contribution in [2.24, 2.45) is 0 Å². The van der Waals surface area contributed by atoms with Gasteiger partial charge in [0.15, 0.2) is 0 Å². The van der Waals surface area contributed by atoms with Crippen LogP contribution >= 0.6 is 7.60 Å². The summed E-state index contributed by atoms with van der Waals surface area (Å²) in [5, 5.41) is -1.24. The van der Waals surface area contributed by atoms with E-state index in [-0.39, 0.29) is 11.4 Å². The number of hydrogen-bond acceptors (Lipinski definition) is 4. The molecule has 0 fully saturated rings. The molecule has 3 aromatic rings. The Hall–Kier alpha value is -2.48. The molecule has 0 aliphatic heterocycles. The second-order valence-corrected chi connectivity index (χ2v) is 11.8. The monoisotopic (exact) mass is 503 g/mol. The third kappa shape index (κ3) is 5.95. The molecule has 0 heterocycles. The Balaban J connectivity index is 1.64. The first-order valence-corrected chi connectivity index (χ1v) is 14.1. The van der Waals surface area contributed by atoms with E-state index in [0.717, 1.165) is 5.56 Å². The molecule has 0 radical (unpaired) electrons. The number of rotatable bonds is 11. The van der Waals surface area contributed by atoms with Crippen LogP contribution in [-0.2, 0) is 32.9 Å². The van der Waals surface area contributed by atoms with Gasteiger partial charge in [-0.1, -0.05) is 68.4 Å². The molecule has 3 aromatic carbocycles. The van der Waals surface area contributed by atoms with Gasteiger partial charge in [-0.2, -0.15) is 0 Å². The fraction of sp³-hybridized carbons (Fsp3) is 0.280. The Morgan fingerprint density at radius 3 is 1.97 bits per heavy atom. The molecule has 7 nitrogen and oxygen atoms in total. The largest absolute Gasteiger partial charge is 0.489 e. The number of benzene rings is 3. The van der Waals surface area contributed by atoms with Crippen LogP contribution in [0.3, 0.4) is 0 Å². The molecule has 0 bridgehead atoms. The highest BCUT2D eigenvalue weighted by molar-refractivity contribution is 7.89. The van der Waals surface area contributed by atoms with Gasteiger partial charge in [-0.15, -0.1) is 0 Å². The quantitative estimate of drug-likeness (QED) is 0.320. The lowest BCUT2D eigenvalue weighted by atomic mass is 9.92. The van der Waals surface area contributed by atoms with Gasteiger partial charge in [-0.05, 0) is 53.8 Å². The Morgan fingerprint density at radius 1 is 0.853 bits per heavy atom. The zero-order chi connectivity index (χ0) is 24.8. The van der Waals surface area contributed by atoms with Crippen LogP contribution in [0.15, 0.2) is 83.8 Å². The van der Waals surface area contributed by atoms with Crippen LogP contribution in [0.4, 0.5) is 0 Å². The van der Waals surface area contributed by atoms with Gasteiger partial charge in [-0.3, -0.25) is 4.57 Å². The van der Waals surface area contributed by atoms with Gasteiger partial charge >= 0.3 is 7.60 Å². The van der Waals surface area contributed by atoms with Crippen LogP contribution in [0.5, 0.6) is 5.75 Å². The molecule has 0 aliphatic carbocycles. The molecule has 0 aliphatic rings. The van der Waals surface area contributed by atoms with Gasteiger partial charge in [0, 0.05) is 6.54 Å². The predicted octanol–water partition coefficient (Wildman–Crippen LogP) is 4.94.